The van der Waals surface area contributed by atoms with Crippen molar-refractivity contribution in [1.82, 2.24) is 10.7 Å². The minimum atomic E-state index is -0.907. The smallest absolute Gasteiger partial charge is 0.255 e. The normalized spacial score (nSPS) is 16.9. The molecule has 33 heavy (non-hydrogen) atoms. The van der Waals surface area contributed by atoms with Gasteiger partial charge in [-0.05, 0) is 48.7 Å². The summed E-state index contributed by atoms with van der Waals surface area (Å²) in [6.45, 7) is 3.57. The summed E-state index contributed by atoms with van der Waals surface area (Å²) < 4.78 is 13.1. The van der Waals surface area contributed by atoms with Crippen molar-refractivity contribution in [2.45, 2.75) is 31.9 Å². The summed E-state index contributed by atoms with van der Waals surface area (Å²) in [5, 5.41) is 14.6. The number of aliphatic hydroxyl groups excluding tert-OH is 1. The van der Waals surface area contributed by atoms with E-state index in [2.05, 4.69) is 10.7 Å². The van der Waals surface area contributed by atoms with Gasteiger partial charge in [-0.1, -0.05) is 54.6 Å². The number of nitrogens with zero attached hydrogens (tertiary/aromatic N) is 1. The number of fused-ring (bicyclic) bond motifs is 3. The number of carbonyl (C=O) groups is 2. The highest BCUT2D eigenvalue weighted by molar-refractivity contribution is 6.06. The van der Waals surface area contributed by atoms with Crippen LogP contribution in [0.1, 0.15) is 37.0 Å². The van der Waals surface area contributed by atoms with Crippen LogP contribution in [-0.4, -0.2) is 29.5 Å². The van der Waals surface area contributed by atoms with Crippen molar-refractivity contribution in [2.24, 2.45) is 0 Å². The molecule has 4 rings (SSSR count). The van der Waals surface area contributed by atoms with E-state index in [1.807, 2.05) is 49.4 Å². The Kier molecular flexibility index (Phi) is 6.53. The average molecular weight is 448 g/mol. The van der Waals surface area contributed by atoms with Crippen molar-refractivity contribution in [3.8, 4) is 11.1 Å². The fraction of sp³-hybridized carbons (Fsp3) is 0.231. The maximum absolute atomic E-state index is 13.3. The predicted molar refractivity (Wildman–Crippen MR) is 125 cm³/mol. The molecule has 0 saturated carbocycles. The van der Waals surface area contributed by atoms with E-state index in [1.54, 1.807) is 13.0 Å². The van der Waals surface area contributed by atoms with Crippen molar-refractivity contribution >= 4 is 17.5 Å². The lowest BCUT2D eigenvalue weighted by Gasteiger charge is -2.27. The first-order valence-electron chi connectivity index (χ1n) is 10.9. The lowest BCUT2D eigenvalue weighted by atomic mass is 9.92. The van der Waals surface area contributed by atoms with Gasteiger partial charge in [-0.2, -0.15) is 0 Å². The Bertz CT molecular complexity index is 1170. The first kappa shape index (κ1) is 22.6. The Morgan fingerprint density at radius 3 is 2.39 bits per heavy atom. The molecule has 0 spiro atoms. The van der Waals surface area contributed by atoms with E-state index in [0.29, 0.717) is 11.3 Å². The quantitative estimate of drug-likeness (QED) is 0.538. The third-order valence-electron chi connectivity index (χ3n) is 5.94. The highest BCUT2D eigenvalue weighted by Gasteiger charge is 2.33. The fourth-order valence-corrected chi connectivity index (χ4v) is 3.97. The van der Waals surface area contributed by atoms with Crippen LogP contribution in [0.3, 0.4) is 0 Å². The van der Waals surface area contributed by atoms with E-state index in [4.69, 9.17) is 0 Å². The summed E-state index contributed by atoms with van der Waals surface area (Å²) in [4.78, 5) is 26.3. The Balaban J connectivity index is 1.50. The summed E-state index contributed by atoms with van der Waals surface area (Å²) in [6, 6.07) is 20.0. The monoisotopic (exact) mass is 447 g/mol. The molecule has 0 bridgehead atoms. The molecule has 7 heteroatoms. The van der Waals surface area contributed by atoms with Crippen LogP contribution in [0.4, 0.5) is 10.1 Å². The summed E-state index contributed by atoms with van der Waals surface area (Å²) in [7, 11) is 0. The molecule has 2 unspecified atom stereocenters. The maximum Gasteiger partial charge on any atom is 0.255 e. The number of carbonyl (C=O) groups excluding carboxylic acids is 2. The first-order valence-corrected chi connectivity index (χ1v) is 10.9. The minimum absolute atomic E-state index is 0.0899. The Morgan fingerprint density at radius 1 is 1.03 bits per heavy atom. The zero-order chi connectivity index (χ0) is 23.5. The van der Waals surface area contributed by atoms with Gasteiger partial charge in [-0.15, -0.1) is 0 Å². The molecule has 1 aliphatic heterocycles. The molecular formula is C26H26FN3O3. The van der Waals surface area contributed by atoms with Gasteiger partial charge in [0.1, 0.15) is 5.82 Å². The standard InChI is InChI=1S/C26H26FN3O3/c1-16-20-7-3-4-8-21(20)22-9-5-6-10-23(22)30(26(16)33)29-25(32)17(2)28-15-24(31)18-11-13-19(27)14-12-18/h3-14,16-17,24,28,31H,15H2,1-2H3,(H,29,32)/t16?,17-,24?/m0/s1. The van der Waals surface area contributed by atoms with Crippen LogP contribution < -0.4 is 15.8 Å². The van der Waals surface area contributed by atoms with E-state index in [9.17, 15) is 19.1 Å². The number of para-hydroxylation sites is 1. The van der Waals surface area contributed by atoms with Crippen LogP contribution in [0.25, 0.3) is 11.1 Å². The molecule has 2 amide bonds. The third kappa shape index (κ3) is 4.65. The lowest BCUT2D eigenvalue weighted by molar-refractivity contribution is -0.127. The van der Waals surface area contributed by atoms with Crippen LogP contribution in [0.15, 0.2) is 72.8 Å². The second kappa shape index (κ2) is 9.52. The van der Waals surface area contributed by atoms with Crippen molar-refractivity contribution in [3.05, 3.63) is 89.7 Å². The average Bonchev–Trinajstić information content (AvgIpc) is 2.92. The van der Waals surface area contributed by atoms with Crippen LogP contribution >= 0.6 is 0 Å². The number of hydrazine groups is 1. The first-order chi connectivity index (χ1) is 15.9. The number of amides is 2. The molecule has 1 heterocycles. The highest BCUT2D eigenvalue weighted by atomic mass is 19.1. The topological polar surface area (TPSA) is 81.7 Å². The van der Waals surface area contributed by atoms with E-state index in [0.717, 1.165) is 16.7 Å². The van der Waals surface area contributed by atoms with E-state index < -0.39 is 24.0 Å². The highest BCUT2D eigenvalue weighted by Crippen LogP contribution is 2.39. The van der Waals surface area contributed by atoms with Crippen LogP contribution in [-0.2, 0) is 9.59 Å². The van der Waals surface area contributed by atoms with Gasteiger partial charge in [-0.3, -0.25) is 15.0 Å². The number of anilines is 1. The van der Waals surface area contributed by atoms with Crippen molar-refractivity contribution in [3.63, 3.8) is 0 Å². The van der Waals surface area contributed by atoms with Crippen molar-refractivity contribution < 1.29 is 19.1 Å². The van der Waals surface area contributed by atoms with Crippen molar-refractivity contribution in [1.29, 1.82) is 0 Å². The van der Waals surface area contributed by atoms with Gasteiger partial charge in [0.2, 0.25) is 0 Å². The minimum Gasteiger partial charge on any atom is -0.387 e. The molecule has 1 aliphatic rings. The molecular weight excluding hydrogens is 421 g/mol. The summed E-state index contributed by atoms with van der Waals surface area (Å²) in [5.41, 5.74) is 6.62. The molecule has 0 radical (unpaired) electrons. The van der Waals surface area contributed by atoms with Crippen LogP contribution in [0, 0.1) is 5.82 Å². The number of hydrogen-bond donors (Lipinski definition) is 3. The molecule has 0 fully saturated rings. The number of benzene rings is 3. The number of halogens is 1. The zero-order valence-electron chi connectivity index (χ0n) is 18.5. The maximum atomic E-state index is 13.3. The molecule has 0 aromatic heterocycles. The van der Waals surface area contributed by atoms with Crippen molar-refractivity contribution in [2.75, 3.05) is 11.6 Å². The predicted octanol–water partition coefficient (Wildman–Crippen LogP) is 3.69. The van der Waals surface area contributed by atoms with Gasteiger partial charge in [-0.25, -0.2) is 9.40 Å². The molecule has 3 atom stereocenters. The third-order valence-corrected chi connectivity index (χ3v) is 5.94. The second-order valence-corrected chi connectivity index (χ2v) is 8.17. The molecule has 3 N–H and O–H groups in total. The molecule has 0 saturated heterocycles. The van der Waals surface area contributed by atoms with Gasteiger partial charge in [0.15, 0.2) is 0 Å². The molecule has 3 aromatic carbocycles. The number of rotatable bonds is 6. The van der Waals surface area contributed by atoms with E-state index in [1.165, 1.54) is 29.3 Å². The molecule has 6 nitrogen and oxygen atoms in total. The Morgan fingerprint density at radius 2 is 1.67 bits per heavy atom. The SMILES string of the molecule is CC1C(=O)N(NC(=O)[C@H](C)NCC(O)c2ccc(F)cc2)c2ccccc2-c2ccccc21. The van der Waals surface area contributed by atoms with Gasteiger partial charge in [0.25, 0.3) is 11.8 Å². The summed E-state index contributed by atoms with van der Waals surface area (Å²) in [5.74, 6) is -1.48. The van der Waals surface area contributed by atoms with Crippen LogP contribution in [0.5, 0.6) is 0 Å². The molecule has 0 aliphatic carbocycles. The van der Waals surface area contributed by atoms with E-state index >= 15 is 0 Å². The Hall–Kier alpha value is -3.55. The van der Waals surface area contributed by atoms with Gasteiger partial charge >= 0.3 is 0 Å². The van der Waals surface area contributed by atoms with Crippen LogP contribution in [0.2, 0.25) is 0 Å². The summed E-state index contributed by atoms with van der Waals surface area (Å²) in [6.07, 6.45) is -0.907. The second-order valence-electron chi connectivity index (χ2n) is 8.17. The van der Waals surface area contributed by atoms with Gasteiger partial charge in [0, 0.05) is 12.1 Å². The van der Waals surface area contributed by atoms with Gasteiger partial charge in [0.05, 0.1) is 23.8 Å². The molecule has 170 valence electrons. The zero-order valence-corrected chi connectivity index (χ0v) is 18.5. The fourth-order valence-electron chi connectivity index (χ4n) is 3.97. The number of hydrogen-bond acceptors (Lipinski definition) is 4. The van der Waals surface area contributed by atoms with Gasteiger partial charge < -0.3 is 10.4 Å². The van der Waals surface area contributed by atoms with E-state index in [-0.39, 0.29) is 18.3 Å². The number of nitrogens with one attached hydrogen (secondary N) is 2. The largest absolute Gasteiger partial charge is 0.387 e. The molecule has 3 aromatic rings. The summed E-state index contributed by atoms with van der Waals surface area (Å²) >= 11 is 0. The lowest BCUT2D eigenvalue weighted by Crippen LogP contribution is -2.53. The Labute approximate surface area is 192 Å². The number of aliphatic hydroxyl groups is 1.